The number of amides is 1. The van der Waals surface area contributed by atoms with Gasteiger partial charge in [-0.25, -0.2) is 14.6 Å². The van der Waals surface area contributed by atoms with Gasteiger partial charge in [-0.3, -0.25) is 4.79 Å². The van der Waals surface area contributed by atoms with Crippen molar-refractivity contribution < 1.29 is 4.79 Å². The Morgan fingerprint density at radius 3 is 2.73 bits per heavy atom. The molecular formula is C18H21N7O. The zero-order valence-corrected chi connectivity index (χ0v) is 15.0. The van der Waals surface area contributed by atoms with E-state index >= 15 is 0 Å². The first-order valence-electron chi connectivity index (χ1n) is 8.70. The van der Waals surface area contributed by atoms with E-state index in [2.05, 4.69) is 31.2 Å². The van der Waals surface area contributed by atoms with Crippen LogP contribution in [0.5, 0.6) is 0 Å². The largest absolute Gasteiger partial charge is 0.351 e. The molecule has 3 aromatic rings. The molecule has 0 N–H and O–H groups in total. The molecular weight excluding hydrogens is 330 g/mol. The normalized spacial score (nSPS) is 14.8. The summed E-state index contributed by atoms with van der Waals surface area (Å²) >= 11 is 0. The monoisotopic (exact) mass is 351 g/mol. The second-order valence-electron chi connectivity index (χ2n) is 6.62. The molecule has 134 valence electrons. The van der Waals surface area contributed by atoms with Crippen molar-refractivity contribution in [3.8, 4) is 0 Å². The van der Waals surface area contributed by atoms with Crippen LogP contribution in [0.2, 0.25) is 0 Å². The zero-order chi connectivity index (χ0) is 18.1. The number of hydrogen-bond acceptors (Lipinski definition) is 6. The summed E-state index contributed by atoms with van der Waals surface area (Å²) in [5.74, 6) is 0.955. The topological polar surface area (TPSA) is 80.0 Å². The number of anilines is 1. The van der Waals surface area contributed by atoms with Crippen molar-refractivity contribution in [2.75, 3.05) is 31.1 Å². The molecule has 1 amide bonds. The number of aryl methyl sites for hydroxylation is 2. The van der Waals surface area contributed by atoms with Crippen LogP contribution in [0.4, 0.5) is 5.82 Å². The molecule has 3 heterocycles. The molecule has 1 aromatic carbocycles. The summed E-state index contributed by atoms with van der Waals surface area (Å²) in [5.41, 5.74) is 3.66. The predicted octanol–water partition coefficient (Wildman–Crippen LogP) is 0.958. The SMILES string of the molecule is Cc1cccc(CC(=O)N2CCN(c3ncnc4c3nnn4C)CC2)c1. The lowest BCUT2D eigenvalue weighted by molar-refractivity contribution is -0.130. The molecule has 0 unspecified atom stereocenters. The fourth-order valence-corrected chi connectivity index (χ4v) is 3.35. The van der Waals surface area contributed by atoms with Crippen molar-refractivity contribution in [2.24, 2.45) is 7.05 Å². The molecule has 26 heavy (non-hydrogen) atoms. The van der Waals surface area contributed by atoms with Crippen LogP contribution in [-0.2, 0) is 18.3 Å². The van der Waals surface area contributed by atoms with Crippen molar-refractivity contribution in [1.29, 1.82) is 0 Å². The average molecular weight is 351 g/mol. The molecule has 2 aromatic heterocycles. The van der Waals surface area contributed by atoms with E-state index in [1.807, 2.05) is 37.1 Å². The van der Waals surface area contributed by atoms with Crippen molar-refractivity contribution in [3.63, 3.8) is 0 Å². The Hall–Kier alpha value is -3.03. The number of aromatic nitrogens is 5. The quantitative estimate of drug-likeness (QED) is 0.699. The molecule has 0 saturated carbocycles. The number of piperazine rings is 1. The average Bonchev–Trinajstić information content (AvgIpc) is 3.03. The summed E-state index contributed by atoms with van der Waals surface area (Å²) in [4.78, 5) is 25.3. The van der Waals surface area contributed by atoms with E-state index < -0.39 is 0 Å². The van der Waals surface area contributed by atoms with Gasteiger partial charge in [0.15, 0.2) is 17.0 Å². The minimum atomic E-state index is 0.169. The molecule has 0 spiro atoms. The Balaban J connectivity index is 1.43. The van der Waals surface area contributed by atoms with Crippen molar-refractivity contribution in [3.05, 3.63) is 41.7 Å². The van der Waals surface area contributed by atoms with Crippen LogP contribution in [0.15, 0.2) is 30.6 Å². The number of carbonyl (C=O) groups excluding carboxylic acids is 1. The number of nitrogens with zero attached hydrogens (tertiary/aromatic N) is 7. The Kier molecular flexibility index (Phi) is 4.24. The highest BCUT2D eigenvalue weighted by molar-refractivity contribution is 5.83. The number of fused-ring (bicyclic) bond motifs is 1. The van der Waals surface area contributed by atoms with Gasteiger partial charge in [0.1, 0.15) is 6.33 Å². The van der Waals surface area contributed by atoms with E-state index in [9.17, 15) is 4.79 Å². The Bertz CT molecular complexity index is 944. The van der Waals surface area contributed by atoms with Crippen LogP contribution < -0.4 is 4.90 Å². The van der Waals surface area contributed by atoms with Gasteiger partial charge in [0.2, 0.25) is 5.91 Å². The van der Waals surface area contributed by atoms with E-state index in [4.69, 9.17) is 0 Å². The maximum absolute atomic E-state index is 12.6. The summed E-state index contributed by atoms with van der Waals surface area (Å²) < 4.78 is 1.64. The van der Waals surface area contributed by atoms with Gasteiger partial charge in [-0.2, -0.15) is 0 Å². The second kappa shape index (κ2) is 6.70. The van der Waals surface area contributed by atoms with Crippen LogP contribution in [0.25, 0.3) is 11.2 Å². The maximum Gasteiger partial charge on any atom is 0.227 e. The van der Waals surface area contributed by atoms with E-state index in [1.165, 1.54) is 11.9 Å². The predicted molar refractivity (Wildman–Crippen MR) is 97.8 cm³/mol. The lowest BCUT2D eigenvalue weighted by atomic mass is 10.1. The molecule has 8 heteroatoms. The standard InChI is InChI=1S/C18H21N7O/c1-13-4-3-5-14(10-13)11-15(26)24-6-8-25(9-7-24)18-16-17(19-12-20-18)23(2)22-21-16/h3-5,10,12H,6-9,11H2,1-2H3. The third-order valence-corrected chi connectivity index (χ3v) is 4.74. The van der Waals surface area contributed by atoms with Crippen LogP contribution >= 0.6 is 0 Å². The fourth-order valence-electron chi connectivity index (χ4n) is 3.35. The molecule has 1 fully saturated rings. The number of carbonyl (C=O) groups is 1. The summed E-state index contributed by atoms with van der Waals surface area (Å²) in [6.07, 6.45) is 1.99. The first kappa shape index (κ1) is 16.4. The van der Waals surface area contributed by atoms with Gasteiger partial charge < -0.3 is 9.80 Å². The summed E-state index contributed by atoms with van der Waals surface area (Å²) in [6.45, 7) is 4.85. The minimum absolute atomic E-state index is 0.169. The molecule has 1 aliphatic rings. The van der Waals surface area contributed by atoms with Crippen LogP contribution in [-0.4, -0.2) is 61.9 Å². The van der Waals surface area contributed by atoms with Crippen molar-refractivity contribution in [1.82, 2.24) is 29.9 Å². The van der Waals surface area contributed by atoms with Gasteiger partial charge in [-0.1, -0.05) is 35.0 Å². The third-order valence-electron chi connectivity index (χ3n) is 4.74. The molecule has 1 saturated heterocycles. The maximum atomic E-state index is 12.6. The molecule has 0 aliphatic carbocycles. The molecule has 1 aliphatic heterocycles. The number of benzene rings is 1. The van der Waals surface area contributed by atoms with Crippen molar-refractivity contribution in [2.45, 2.75) is 13.3 Å². The fraction of sp³-hybridized carbons (Fsp3) is 0.389. The Morgan fingerprint density at radius 2 is 1.96 bits per heavy atom. The van der Waals surface area contributed by atoms with Crippen molar-refractivity contribution >= 4 is 22.9 Å². The Morgan fingerprint density at radius 1 is 1.15 bits per heavy atom. The van der Waals surface area contributed by atoms with Gasteiger partial charge in [-0.05, 0) is 12.5 Å². The van der Waals surface area contributed by atoms with Gasteiger partial charge in [-0.15, -0.1) is 5.10 Å². The molecule has 4 rings (SSSR count). The van der Waals surface area contributed by atoms with Crippen LogP contribution in [0.3, 0.4) is 0 Å². The minimum Gasteiger partial charge on any atom is -0.351 e. The first-order chi connectivity index (χ1) is 12.6. The smallest absolute Gasteiger partial charge is 0.227 e. The van der Waals surface area contributed by atoms with Gasteiger partial charge >= 0.3 is 0 Å². The molecule has 8 nitrogen and oxygen atoms in total. The molecule has 0 bridgehead atoms. The summed E-state index contributed by atoms with van der Waals surface area (Å²) in [6, 6.07) is 8.12. The third kappa shape index (κ3) is 3.10. The lowest BCUT2D eigenvalue weighted by Crippen LogP contribution is -2.49. The van der Waals surface area contributed by atoms with Crippen LogP contribution in [0.1, 0.15) is 11.1 Å². The van der Waals surface area contributed by atoms with Crippen LogP contribution in [0, 0.1) is 6.92 Å². The van der Waals surface area contributed by atoms with E-state index in [0.717, 1.165) is 24.5 Å². The molecule has 0 atom stereocenters. The van der Waals surface area contributed by atoms with E-state index in [-0.39, 0.29) is 5.91 Å². The molecule has 0 radical (unpaired) electrons. The lowest BCUT2D eigenvalue weighted by Gasteiger charge is -2.35. The van der Waals surface area contributed by atoms with Gasteiger partial charge in [0, 0.05) is 33.2 Å². The van der Waals surface area contributed by atoms with Gasteiger partial charge in [0.05, 0.1) is 6.42 Å². The highest BCUT2D eigenvalue weighted by atomic mass is 16.2. The zero-order valence-electron chi connectivity index (χ0n) is 15.0. The highest BCUT2D eigenvalue weighted by Gasteiger charge is 2.24. The summed E-state index contributed by atoms with van der Waals surface area (Å²) in [5, 5.41) is 8.20. The highest BCUT2D eigenvalue weighted by Crippen LogP contribution is 2.21. The number of hydrogen-bond donors (Lipinski definition) is 0. The van der Waals surface area contributed by atoms with E-state index in [0.29, 0.717) is 30.7 Å². The van der Waals surface area contributed by atoms with E-state index in [1.54, 1.807) is 4.68 Å². The van der Waals surface area contributed by atoms with Gasteiger partial charge in [0.25, 0.3) is 0 Å². The second-order valence-corrected chi connectivity index (χ2v) is 6.62. The number of rotatable bonds is 3. The first-order valence-corrected chi connectivity index (χ1v) is 8.70. The summed E-state index contributed by atoms with van der Waals surface area (Å²) in [7, 11) is 1.81. The Labute approximate surface area is 151 Å².